The Balaban J connectivity index is 1.50. The van der Waals surface area contributed by atoms with E-state index >= 15 is 0 Å². The number of hydrogen-bond donors (Lipinski definition) is 3. The van der Waals surface area contributed by atoms with Crippen LogP contribution in [0.15, 0.2) is 24.3 Å². The molecule has 2 fully saturated rings. The van der Waals surface area contributed by atoms with Crippen LogP contribution in [0.2, 0.25) is 5.02 Å². The third-order valence-corrected chi connectivity index (χ3v) is 9.15. The number of nitrogens with zero attached hydrogens (tertiary/aromatic N) is 1. The van der Waals surface area contributed by atoms with Gasteiger partial charge in [0.25, 0.3) is 5.91 Å². The number of aromatic nitrogens is 1. The number of amides is 1. The van der Waals surface area contributed by atoms with Gasteiger partial charge in [-0.2, -0.15) is 0 Å². The van der Waals surface area contributed by atoms with E-state index in [1.54, 1.807) is 12.1 Å². The summed E-state index contributed by atoms with van der Waals surface area (Å²) in [5.74, 6) is 0.968. The van der Waals surface area contributed by atoms with Gasteiger partial charge < -0.3 is 15.2 Å². The molecule has 1 saturated carbocycles. The lowest BCUT2D eigenvalue weighted by atomic mass is 9.82. The standard InChI is InChI=1S/C19H21ClN4O2S2/c1-2-11-5-3-6-15(22-11)24-17(25)14-9-12(20)16(27-14)13-10-28(26)19(7-4-8-19)18(21)23-13/h3,5-6,9,13H,2,4,7-8,10H2,1H3,(H2,21,23)(H,22,24,25)/t13-,28?/m0/s1. The summed E-state index contributed by atoms with van der Waals surface area (Å²) in [5.41, 5.74) is 0.903. The van der Waals surface area contributed by atoms with Crippen molar-refractivity contribution in [1.29, 1.82) is 5.41 Å². The van der Waals surface area contributed by atoms with Crippen LogP contribution in [0.25, 0.3) is 0 Å². The molecule has 4 rings (SSSR count). The molecule has 0 aromatic carbocycles. The minimum atomic E-state index is -1.11. The normalized spacial score (nSPS) is 23.2. The number of thiophene rings is 1. The first kappa shape index (κ1) is 19.7. The van der Waals surface area contributed by atoms with Gasteiger partial charge in [-0.25, -0.2) is 4.98 Å². The lowest BCUT2D eigenvalue weighted by Gasteiger charge is -2.47. The fraction of sp³-hybridized carbons (Fsp3) is 0.421. The molecule has 1 unspecified atom stereocenters. The first-order valence-corrected chi connectivity index (χ1v) is 11.7. The molecule has 0 bridgehead atoms. The number of hydrogen-bond acceptors (Lipinski definition) is 5. The second kappa shape index (κ2) is 7.67. The molecule has 1 amide bonds. The van der Waals surface area contributed by atoms with Gasteiger partial charge >= 0.3 is 0 Å². The quantitative estimate of drug-likeness (QED) is 0.632. The van der Waals surface area contributed by atoms with Gasteiger partial charge in [0.1, 0.15) is 17.6 Å². The molecule has 28 heavy (non-hydrogen) atoms. The third kappa shape index (κ3) is 3.43. The van der Waals surface area contributed by atoms with Crippen LogP contribution in [-0.2, 0) is 17.6 Å². The smallest absolute Gasteiger partial charge is 0.266 e. The number of pyridine rings is 1. The molecule has 2 aromatic heterocycles. The predicted molar refractivity (Wildman–Crippen MR) is 114 cm³/mol. The molecule has 2 aliphatic rings. The second-order valence-electron chi connectivity index (χ2n) is 7.08. The number of carbonyl (C=O) groups is 1. The SMILES string of the molecule is CCc1cccc(NC(=O)c2cc(Cl)c([C@@H]3C[S+]([O-])C4(CCC4)C(=N)N3)s2)n1. The summed E-state index contributed by atoms with van der Waals surface area (Å²) in [5, 5.41) is 14.8. The van der Waals surface area contributed by atoms with E-state index in [1.165, 1.54) is 11.3 Å². The molecule has 9 heteroatoms. The van der Waals surface area contributed by atoms with Gasteiger partial charge in [-0.1, -0.05) is 24.6 Å². The van der Waals surface area contributed by atoms with Crippen molar-refractivity contribution in [2.75, 3.05) is 11.1 Å². The zero-order valence-corrected chi connectivity index (χ0v) is 17.8. The highest BCUT2D eigenvalue weighted by Gasteiger charge is 2.56. The molecule has 148 valence electrons. The number of nitrogens with one attached hydrogen (secondary N) is 3. The highest BCUT2D eigenvalue weighted by atomic mass is 35.5. The van der Waals surface area contributed by atoms with E-state index in [0.29, 0.717) is 27.3 Å². The topological polar surface area (TPSA) is 101 Å². The molecule has 6 nitrogen and oxygen atoms in total. The molecule has 1 spiro atoms. The Kier molecular flexibility index (Phi) is 5.39. The van der Waals surface area contributed by atoms with E-state index in [-0.39, 0.29) is 11.9 Å². The van der Waals surface area contributed by atoms with E-state index in [4.69, 9.17) is 17.0 Å². The summed E-state index contributed by atoms with van der Waals surface area (Å²) < 4.78 is 12.3. The van der Waals surface area contributed by atoms with Crippen LogP contribution in [0.4, 0.5) is 5.82 Å². The highest BCUT2D eigenvalue weighted by molar-refractivity contribution is 7.93. The molecule has 1 saturated heterocycles. The fourth-order valence-electron chi connectivity index (χ4n) is 3.55. The Labute approximate surface area is 175 Å². The maximum absolute atomic E-state index is 12.8. The lowest BCUT2D eigenvalue weighted by molar-refractivity contribution is 0.103. The fourth-order valence-corrected chi connectivity index (χ4v) is 6.97. The minimum Gasteiger partial charge on any atom is -0.616 e. The van der Waals surface area contributed by atoms with Crippen LogP contribution in [0.3, 0.4) is 0 Å². The van der Waals surface area contributed by atoms with Crippen molar-refractivity contribution >= 4 is 51.7 Å². The molecular weight excluding hydrogens is 416 g/mol. The van der Waals surface area contributed by atoms with Gasteiger partial charge in [0, 0.05) is 18.5 Å². The Morgan fingerprint density at radius 1 is 1.54 bits per heavy atom. The lowest BCUT2D eigenvalue weighted by Crippen LogP contribution is -2.63. The first-order chi connectivity index (χ1) is 13.4. The van der Waals surface area contributed by atoms with Gasteiger partial charge in [-0.05, 0) is 42.2 Å². The van der Waals surface area contributed by atoms with Gasteiger partial charge in [0.2, 0.25) is 0 Å². The van der Waals surface area contributed by atoms with Gasteiger partial charge in [0.05, 0.1) is 14.8 Å². The zero-order valence-electron chi connectivity index (χ0n) is 15.4. The van der Waals surface area contributed by atoms with Gasteiger partial charge in [-0.15, -0.1) is 11.3 Å². The molecule has 3 heterocycles. The monoisotopic (exact) mass is 436 g/mol. The van der Waals surface area contributed by atoms with Gasteiger partial charge in [-0.3, -0.25) is 10.2 Å². The number of halogens is 1. The van der Waals surface area contributed by atoms with Crippen LogP contribution in [-0.4, -0.2) is 31.8 Å². The molecular formula is C19H21ClN4O2S2. The number of aryl methyl sites for hydroxylation is 1. The summed E-state index contributed by atoms with van der Waals surface area (Å²) in [6, 6.07) is 6.84. The van der Waals surface area contributed by atoms with E-state index in [2.05, 4.69) is 15.6 Å². The molecule has 1 aliphatic carbocycles. The Bertz CT molecular complexity index is 928. The van der Waals surface area contributed by atoms with E-state index in [9.17, 15) is 9.35 Å². The molecule has 0 radical (unpaired) electrons. The van der Waals surface area contributed by atoms with E-state index < -0.39 is 15.9 Å². The second-order valence-corrected chi connectivity index (χ2v) is 10.4. The van der Waals surface area contributed by atoms with Crippen LogP contribution < -0.4 is 10.6 Å². The number of anilines is 1. The predicted octanol–water partition coefficient (Wildman–Crippen LogP) is 3.90. The highest BCUT2D eigenvalue weighted by Crippen LogP contribution is 2.46. The maximum atomic E-state index is 12.8. The average Bonchev–Trinajstić information content (AvgIpc) is 3.02. The van der Waals surface area contributed by atoms with Gasteiger partial charge in [0.15, 0.2) is 10.6 Å². The van der Waals surface area contributed by atoms with E-state index in [0.717, 1.165) is 36.3 Å². The van der Waals surface area contributed by atoms with Crippen molar-refractivity contribution in [3.8, 4) is 0 Å². The zero-order chi connectivity index (χ0) is 19.9. The Morgan fingerprint density at radius 2 is 2.32 bits per heavy atom. The summed E-state index contributed by atoms with van der Waals surface area (Å²) in [4.78, 5) is 18.2. The van der Waals surface area contributed by atoms with E-state index in [1.807, 2.05) is 19.1 Å². The average molecular weight is 437 g/mol. The number of carbonyl (C=O) groups excluding carboxylic acids is 1. The van der Waals surface area contributed by atoms with Crippen molar-refractivity contribution < 1.29 is 9.35 Å². The van der Waals surface area contributed by atoms with Crippen LogP contribution in [0.5, 0.6) is 0 Å². The van der Waals surface area contributed by atoms with Crippen molar-refractivity contribution in [2.24, 2.45) is 0 Å². The Morgan fingerprint density at radius 3 is 2.96 bits per heavy atom. The summed E-state index contributed by atoms with van der Waals surface area (Å²) in [6.07, 6.45) is 3.40. The minimum absolute atomic E-state index is 0.277. The van der Waals surface area contributed by atoms with Crippen molar-refractivity contribution in [3.63, 3.8) is 0 Å². The largest absolute Gasteiger partial charge is 0.616 e. The third-order valence-electron chi connectivity index (χ3n) is 5.35. The number of amidine groups is 1. The van der Waals surface area contributed by atoms with Crippen molar-refractivity contribution in [1.82, 2.24) is 10.3 Å². The molecule has 3 N–H and O–H groups in total. The summed E-state index contributed by atoms with van der Waals surface area (Å²) >= 11 is 6.55. The number of rotatable bonds is 4. The van der Waals surface area contributed by atoms with Crippen molar-refractivity contribution in [3.05, 3.63) is 44.7 Å². The Hall–Kier alpha value is -1.61. The van der Waals surface area contributed by atoms with Crippen LogP contribution in [0.1, 0.15) is 52.5 Å². The van der Waals surface area contributed by atoms with Crippen LogP contribution >= 0.6 is 22.9 Å². The van der Waals surface area contributed by atoms with Crippen molar-refractivity contribution in [2.45, 2.75) is 43.4 Å². The molecule has 1 aliphatic heterocycles. The van der Waals surface area contributed by atoms with Crippen LogP contribution in [0, 0.1) is 5.41 Å². The first-order valence-electron chi connectivity index (χ1n) is 9.23. The molecule has 2 atom stereocenters. The maximum Gasteiger partial charge on any atom is 0.266 e. The summed E-state index contributed by atoms with van der Waals surface area (Å²) in [7, 11) is 0. The molecule has 2 aromatic rings. The summed E-state index contributed by atoms with van der Waals surface area (Å²) in [6.45, 7) is 2.01.